The maximum Gasteiger partial charge on any atom is 0.0830 e. The third kappa shape index (κ3) is 1.70. The minimum absolute atomic E-state index is 0.0937. The molecule has 1 fully saturated rings. The summed E-state index contributed by atoms with van der Waals surface area (Å²) in [5.41, 5.74) is 0. The maximum atomic E-state index is 9.41. The molecular weight excluding hydrogens is 128 g/mol. The second-order valence-electron chi connectivity index (χ2n) is 3.26. The van der Waals surface area contributed by atoms with Crippen molar-refractivity contribution in [2.24, 2.45) is 5.92 Å². The van der Waals surface area contributed by atoms with Crippen molar-refractivity contribution in [3.05, 3.63) is 0 Å². The molecule has 0 heterocycles. The van der Waals surface area contributed by atoms with Crippen molar-refractivity contribution in [1.29, 1.82) is 0 Å². The van der Waals surface area contributed by atoms with Gasteiger partial charge in [0.1, 0.15) is 0 Å². The molecule has 0 bridgehead atoms. The smallest absolute Gasteiger partial charge is 0.0830 e. The van der Waals surface area contributed by atoms with E-state index in [-0.39, 0.29) is 12.2 Å². The van der Waals surface area contributed by atoms with E-state index in [0.717, 1.165) is 12.8 Å². The summed E-state index contributed by atoms with van der Waals surface area (Å²) in [4.78, 5) is 0. The molecule has 2 heteroatoms. The number of methoxy groups -OCH3 is 1. The number of hydrogen-bond acceptors (Lipinski definition) is 2. The van der Waals surface area contributed by atoms with Gasteiger partial charge in [-0.15, -0.1) is 0 Å². The lowest BCUT2D eigenvalue weighted by Gasteiger charge is -2.30. The summed E-state index contributed by atoms with van der Waals surface area (Å²) in [5.74, 6) is 0.668. The fourth-order valence-corrected chi connectivity index (χ4v) is 1.60. The van der Waals surface area contributed by atoms with E-state index in [4.69, 9.17) is 4.74 Å². The van der Waals surface area contributed by atoms with Gasteiger partial charge in [0.25, 0.3) is 0 Å². The van der Waals surface area contributed by atoms with Gasteiger partial charge in [-0.2, -0.15) is 0 Å². The van der Waals surface area contributed by atoms with Crippen LogP contribution in [0.2, 0.25) is 0 Å². The monoisotopic (exact) mass is 144 g/mol. The van der Waals surface area contributed by atoms with Gasteiger partial charge in [-0.25, -0.2) is 0 Å². The second-order valence-corrected chi connectivity index (χ2v) is 3.26. The molecule has 3 atom stereocenters. The zero-order valence-electron chi connectivity index (χ0n) is 6.71. The van der Waals surface area contributed by atoms with E-state index >= 15 is 0 Å². The van der Waals surface area contributed by atoms with Gasteiger partial charge in [-0.1, -0.05) is 6.92 Å². The lowest BCUT2D eigenvalue weighted by atomic mass is 9.87. The van der Waals surface area contributed by atoms with Gasteiger partial charge in [0, 0.05) is 7.11 Å². The van der Waals surface area contributed by atoms with E-state index in [9.17, 15) is 5.11 Å². The van der Waals surface area contributed by atoms with Crippen molar-refractivity contribution in [2.45, 2.75) is 38.4 Å². The van der Waals surface area contributed by atoms with Crippen LogP contribution in [0.4, 0.5) is 0 Å². The molecule has 0 saturated heterocycles. The molecule has 3 unspecified atom stereocenters. The maximum absolute atomic E-state index is 9.41. The Morgan fingerprint density at radius 1 is 1.40 bits per heavy atom. The van der Waals surface area contributed by atoms with Crippen LogP contribution >= 0.6 is 0 Å². The third-order valence-electron chi connectivity index (χ3n) is 2.32. The summed E-state index contributed by atoms with van der Waals surface area (Å²) in [5, 5.41) is 9.41. The molecule has 0 spiro atoms. The lowest BCUT2D eigenvalue weighted by molar-refractivity contribution is -0.0475. The Bertz CT molecular complexity index is 103. The Morgan fingerprint density at radius 3 is 2.60 bits per heavy atom. The molecule has 1 aliphatic carbocycles. The minimum atomic E-state index is -0.228. The van der Waals surface area contributed by atoms with E-state index in [2.05, 4.69) is 6.92 Å². The highest BCUT2D eigenvalue weighted by molar-refractivity contribution is 4.77. The fourth-order valence-electron chi connectivity index (χ4n) is 1.60. The van der Waals surface area contributed by atoms with E-state index in [1.165, 1.54) is 6.42 Å². The molecule has 1 rings (SSSR count). The van der Waals surface area contributed by atoms with Gasteiger partial charge >= 0.3 is 0 Å². The van der Waals surface area contributed by atoms with Gasteiger partial charge in [0.2, 0.25) is 0 Å². The molecule has 0 aromatic heterocycles. The standard InChI is InChI=1S/C8H16O2/c1-6-3-4-8(10-2)7(9)5-6/h6-9H,3-5H2,1-2H3. The zero-order valence-corrected chi connectivity index (χ0v) is 6.71. The molecule has 0 aromatic rings. The number of aliphatic hydroxyl groups excluding tert-OH is 1. The van der Waals surface area contributed by atoms with Crippen molar-refractivity contribution in [1.82, 2.24) is 0 Å². The molecule has 0 aliphatic heterocycles. The van der Waals surface area contributed by atoms with Crippen molar-refractivity contribution >= 4 is 0 Å². The first-order valence-corrected chi connectivity index (χ1v) is 3.95. The lowest BCUT2D eigenvalue weighted by Crippen LogP contribution is -2.34. The van der Waals surface area contributed by atoms with E-state index < -0.39 is 0 Å². The second kappa shape index (κ2) is 3.35. The highest BCUT2D eigenvalue weighted by Crippen LogP contribution is 2.25. The van der Waals surface area contributed by atoms with Crippen molar-refractivity contribution < 1.29 is 9.84 Å². The molecule has 1 aliphatic rings. The SMILES string of the molecule is COC1CCC(C)CC1O. The quantitative estimate of drug-likeness (QED) is 0.599. The van der Waals surface area contributed by atoms with Gasteiger partial charge in [-0.05, 0) is 25.2 Å². The summed E-state index contributed by atoms with van der Waals surface area (Å²) >= 11 is 0. The van der Waals surface area contributed by atoms with Crippen molar-refractivity contribution in [3.63, 3.8) is 0 Å². The summed E-state index contributed by atoms with van der Waals surface area (Å²) in [6, 6.07) is 0. The molecule has 1 N–H and O–H groups in total. The van der Waals surface area contributed by atoms with Crippen LogP contribution in [0.15, 0.2) is 0 Å². The van der Waals surface area contributed by atoms with Crippen LogP contribution in [0.1, 0.15) is 26.2 Å². The normalized spacial score (nSPS) is 41.7. The molecule has 0 radical (unpaired) electrons. The Hall–Kier alpha value is -0.0800. The van der Waals surface area contributed by atoms with E-state index in [1.807, 2.05) is 0 Å². The Balaban J connectivity index is 2.36. The van der Waals surface area contributed by atoms with Crippen LogP contribution in [0, 0.1) is 5.92 Å². The highest BCUT2D eigenvalue weighted by Gasteiger charge is 2.26. The predicted octanol–water partition coefficient (Wildman–Crippen LogP) is 1.18. The number of hydrogen-bond donors (Lipinski definition) is 1. The van der Waals surface area contributed by atoms with Crippen LogP contribution < -0.4 is 0 Å². The summed E-state index contributed by atoms with van der Waals surface area (Å²) in [6.07, 6.45) is 2.97. The summed E-state index contributed by atoms with van der Waals surface area (Å²) < 4.78 is 5.10. The average molecular weight is 144 g/mol. The molecule has 1 saturated carbocycles. The first-order chi connectivity index (χ1) is 4.74. The Labute approximate surface area is 62.2 Å². The van der Waals surface area contributed by atoms with Crippen molar-refractivity contribution in [3.8, 4) is 0 Å². The van der Waals surface area contributed by atoms with E-state index in [1.54, 1.807) is 7.11 Å². The van der Waals surface area contributed by atoms with Crippen LogP contribution in [0.5, 0.6) is 0 Å². The molecule has 2 nitrogen and oxygen atoms in total. The van der Waals surface area contributed by atoms with Crippen LogP contribution in [0.25, 0.3) is 0 Å². The van der Waals surface area contributed by atoms with Gasteiger partial charge < -0.3 is 9.84 Å². The predicted molar refractivity (Wildman–Crippen MR) is 39.8 cm³/mol. The summed E-state index contributed by atoms with van der Waals surface area (Å²) in [6.45, 7) is 2.18. The molecule has 0 aromatic carbocycles. The largest absolute Gasteiger partial charge is 0.390 e. The summed E-state index contributed by atoms with van der Waals surface area (Å²) in [7, 11) is 1.67. The topological polar surface area (TPSA) is 29.5 Å². The number of aliphatic hydroxyl groups is 1. The van der Waals surface area contributed by atoms with Gasteiger partial charge in [0.05, 0.1) is 12.2 Å². The minimum Gasteiger partial charge on any atom is -0.390 e. The molecule has 10 heavy (non-hydrogen) atoms. The van der Waals surface area contributed by atoms with Gasteiger partial charge in [0.15, 0.2) is 0 Å². The van der Waals surface area contributed by atoms with Gasteiger partial charge in [-0.3, -0.25) is 0 Å². The number of ether oxygens (including phenoxy) is 1. The molecular formula is C8H16O2. The molecule has 60 valence electrons. The van der Waals surface area contributed by atoms with E-state index in [0.29, 0.717) is 5.92 Å². The Morgan fingerprint density at radius 2 is 2.10 bits per heavy atom. The average Bonchev–Trinajstić information content (AvgIpc) is 1.88. The first kappa shape index (κ1) is 8.02. The molecule has 0 amide bonds. The number of rotatable bonds is 1. The van der Waals surface area contributed by atoms with Crippen LogP contribution in [-0.4, -0.2) is 24.4 Å². The first-order valence-electron chi connectivity index (χ1n) is 3.95. The van der Waals surface area contributed by atoms with Crippen LogP contribution in [0.3, 0.4) is 0 Å². The highest BCUT2D eigenvalue weighted by atomic mass is 16.5. The van der Waals surface area contributed by atoms with Crippen LogP contribution in [-0.2, 0) is 4.74 Å². The third-order valence-corrected chi connectivity index (χ3v) is 2.32. The Kier molecular flexibility index (Phi) is 2.69. The van der Waals surface area contributed by atoms with Crippen molar-refractivity contribution in [2.75, 3.05) is 7.11 Å². The fraction of sp³-hybridized carbons (Fsp3) is 1.00. The zero-order chi connectivity index (χ0) is 7.56.